The summed E-state index contributed by atoms with van der Waals surface area (Å²) in [6, 6.07) is 14.8. The molecule has 2 heteroatoms. The smallest absolute Gasteiger partial charge is 0.130 e. The summed E-state index contributed by atoms with van der Waals surface area (Å²) in [7, 11) is 0. The highest BCUT2D eigenvalue weighted by Crippen LogP contribution is 2.38. The minimum atomic E-state index is 0.151. The largest absolute Gasteiger partial charge is 0.488 e. The first-order valence-corrected chi connectivity index (χ1v) is 6.84. The quantitative estimate of drug-likeness (QED) is 0.891. The monoisotopic (exact) mass is 253 g/mol. The molecule has 0 bridgehead atoms. The lowest BCUT2D eigenvalue weighted by Gasteiger charge is -2.27. The Labute approximate surface area is 114 Å². The molecule has 0 saturated carbocycles. The molecule has 0 unspecified atom stereocenters. The number of ether oxygens (including phenoxy) is 1. The standard InChI is InChI=1S/C17H19NO/c1-12-5-2-3-7-15(12)16-8-4-6-13-9-10-14(11-18)19-17(13)16/h2-8,14H,9-11,18H2,1H3/t14-/m0/s1. The van der Waals surface area contributed by atoms with Crippen molar-refractivity contribution in [1.29, 1.82) is 0 Å². The molecule has 2 aromatic carbocycles. The lowest BCUT2D eigenvalue weighted by Crippen LogP contribution is -2.30. The maximum absolute atomic E-state index is 6.10. The van der Waals surface area contributed by atoms with Gasteiger partial charge in [0.25, 0.3) is 0 Å². The summed E-state index contributed by atoms with van der Waals surface area (Å²) >= 11 is 0. The van der Waals surface area contributed by atoms with E-state index >= 15 is 0 Å². The van der Waals surface area contributed by atoms with Gasteiger partial charge in [-0.3, -0.25) is 0 Å². The Kier molecular flexibility index (Phi) is 3.26. The number of nitrogens with two attached hydrogens (primary N) is 1. The van der Waals surface area contributed by atoms with Crippen LogP contribution in [0.5, 0.6) is 5.75 Å². The van der Waals surface area contributed by atoms with Gasteiger partial charge in [-0.1, -0.05) is 42.5 Å². The predicted octanol–water partition coefficient (Wildman–Crippen LogP) is 3.31. The maximum atomic E-state index is 6.10. The van der Waals surface area contributed by atoms with Crippen LogP contribution in [0.15, 0.2) is 42.5 Å². The molecule has 2 N–H and O–H groups in total. The molecule has 98 valence electrons. The average Bonchev–Trinajstić information content (AvgIpc) is 2.47. The zero-order valence-electron chi connectivity index (χ0n) is 11.2. The van der Waals surface area contributed by atoms with Crippen LogP contribution < -0.4 is 10.5 Å². The molecule has 1 heterocycles. The second-order valence-corrected chi connectivity index (χ2v) is 5.12. The van der Waals surface area contributed by atoms with E-state index in [4.69, 9.17) is 10.5 Å². The summed E-state index contributed by atoms with van der Waals surface area (Å²) < 4.78 is 6.10. The van der Waals surface area contributed by atoms with Gasteiger partial charge in [-0.25, -0.2) is 0 Å². The Morgan fingerprint density at radius 2 is 1.89 bits per heavy atom. The molecule has 3 rings (SSSR count). The van der Waals surface area contributed by atoms with Crippen molar-refractivity contribution < 1.29 is 4.74 Å². The van der Waals surface area contributed by atoms with Gasteiger partial charge >= 0.3 is 0 Å². The topological polar surface area (TPSA) is 35.2 Å². The fourth-order valence-corrected chi connectivity index (χ4v) is 2.72. The van der Waals surface area contributed by atoms with Crippen molar-refractivity contribution in [3.05, 3.63) is 53.6 Å². The lowest BCUT2D eigenvalue weighted by molar-refractivity contribution is 0.182. The Hall–Kier alpha value is -1.80. The van der Waals surface area contributed by atoms with Crippen molar-refractivity contribution in [1.82, 2.24) is 0 Å². The van der Waals surface area contributed by atoms with Crippen molar-refractivity contribution in [2.24, 2.45) is 5.73 Å². The van der Waals surface area contributed by atoms with Crippen LogP contribution >= 0.6 is 0 Å². The molecule has 0 saturated heterocycles. The van der Waals surface area contributed by atoms with Crippen LogP contribution in [0.1, 0.15) is 17.5 Å². The molecule has 1 aliphatic heterocycles. The van der Waals surface area contributed by atoms with E-state index < -0.39 is 0 Å². The second-order valence-electron chi connectivity index (χ2n) is 5.12. The number of aryl methyl sites for hydroxylation is 2. The van der Waals surface area contributed by atoms with Crippen LogP contribution in [0.3, 0.4) is 0 Å². The highest BCUT2D eigenvalue weighted by molar-refractivity contribution is 5.75. The van der Waals surface area contributed by atoms with Crippen molar-refractivity contribution in [3.63, 3.8) is 0 Å². The zero-order valence-corrected chi connectivity index (χ0v) is 11.2. The van der Waals surface area contributed by atoms with Gasteiger partial charge in [-0.15, -0.1) is 0 Å². The van der Waals surface area contributed by atoms with Gasteiger partial charge in [0.05, 0.1) is 0 Å². The predicted molar refractivity (Wildman–Crippen MR) is 78.4 cm³/mol. The van der Waals surface area contributed by atoms with Gasteiger partial charge in [0.15, 0.2) is 0 Å². The van der Waals surface area contributed by atoms with E-state index in [2.05, 4.69) is 49.4 Å². The van der Waals surface area contributed by atoms with Gasteiger partial charge in [0.2, 0.25) is 0 Å². The Morgan fingerprint density at radius 1 is 1.11 bits per heavy atom. The Balaban J connectivity index is 2.11. The molecule has 0 fully saturated rings. The fraction of sp³-hybridized carbons (Fsp3) is 0.294. The zero-order chi connectivity index (χ0) is 13.2. The van der Waals surface area contributed by atoms with Crippen LogP contribution in [-0.2, 0) is 6.42 Å². The summed E-state index contributed by atoms with van der Waals surface area (Å²) in [5, 5.41) is 0. The minimum absolute atomic E-state index is 0.151. The van der Waals surface area contributed by atoms with E-state index in [0.717, 1.165) is 18.6 Å². The van der Waals surface area contributed by atoms with Crippen LogP contribution in [0.2, 0.25) is 0 Å². The van der Waals surface area contributed by atoms with Gasteiger partial charge in [0, 0.05) is 12.1 Å². The van der Waals surface area contributed by atoms with Gasteiger partial charge < -0.3 is 10.5 Å². The molecular formula is C17H19NO. The van der Waals surface area contributed by atoms with Crippen LogP contribution in [-0.4, -0.2) is 12.6 Å². The molecule has 0 radical (unpaired) electrons. The van der Waals surface area contributed by atoms with Crippen LogP contribution in [0, 0.1) is 6.92 Å². The lowest BCUT2D eigenvalue weighted by atomic mass is 9.94. The van der Waals surface area contributed by atoms with E-state index in [-0.39, 0.29) is 6.10 Å². The number of rotatable bonds is 2. The van der Waals surface area contributed by atoms with Crippen molar-refractivity contribution in [2.75, 3.05) is 6.54 Å². The third-order valence-corrected chi connectivity index (χ3v) is 3.81. The van der Waals surface area contributed by atoms with E-state index in [1.165, 1.54) is 22.3 Å². The number of hydrogen-bond donors (Lipinski definition) is 1. The molecule has 1 atom stereocenters. The molecule has 0 aliphatic carbocycles. The molecule has 0 aromatic heterocycles. The number of fused-ring (bicyclic) bond motifs is 1. The first-order valence-electron chi connectivity index (χ1n) is 6.84. The average molecular weight is 253 g/mol. The summed E-state index contributed by atoms with van der Waals surface area (Å²) in [6.45, 7) is 2.72. The van der Waals surface area contributed by atoms with Crippen LogP contribution in [0.4, 0.5) is 0 Å². The van der Waals surface area contributed by atoms with E-state index in [9.17, 15) is 0 Å². The van der Waals surface area contributed by atoms with Gasteiger partial charge in [-0.05, 0) is 36.5 Å². The van der Waals surface area contributed by atoms with Crippen molar-refractivity contribution in [3.8, 4) is 16.9 Å². The molecular weight excluding hydrogens is 234 g/mol. The highest BCUT2D eigenvalue weighted by Gasteiger charge is 2.21. The molecule has 0 spiro atoms. The van der Waals surface area contributed by atoms with E-state index in [1.807, 2.05) is 0 Å². The second kappa shape index (κ2) is 5.06. The summed E-state index contributed by atoms with van der Waals surface area (Å²) in [5.74, 6) is 1.03. The van der Waals surface area contributed by atoms with Crippen molar-refractivity contribution in [2.45, 2.75) is 25.9 Å². The third kappa shape index (κ3) is 2.24. The molecule has 19 heavy (non-hydrogen) atoms. The van der Waals surface area contributed by atoms with Crippen molar-refractivity contribution >= 4 is 0 Å². The molecule has 2 aromatic rings. The molecule has 2 nitrogen and oxygen atoms in total. The van der Waals surface area contributed by atoms with Crippen LogP contribution in [0.25, 0.3) is 11.1 Å². The Bertz CT molecular complexity index is 592. The van der Waals surface area contributed by atoms with E-state index in [0.29, 0.717) is 6.54 Å². The Morgan fingerprint density at radius 3 is 2.68 bits per heavy atom. The van der Waals surface area contributed by atoms with Gasteiger partial charge in [-0.2, -0.15) is 0 Å². The maximum Gasteiger partial charge on any atom is 0.130 e. The molecule has 1 aliphatic rings. The molecule has 0 amide bonds. The number of hydrogen-bond acceptors (Lipinski definition) is 2. The fourth-order valence-electron chi connectivity index (χ4n) is 2.72. The highest BCUT2D eigenvalue weighted by atomic mass is 16.5. The first-order chi connectivity index (χ1) is 9.29. The minimum Gasteiger partial charge on any atom is -0.488 e. The summed E-state index contributed by atoms with van der Waals surface area (Å²) in [6.07, 6.45) is 2.22. The van der Waals surface area contributed by atoms with E-state index in [1.54, 1.807) is 0 Å². The number of para-hydroxylation sites is 1. The first kappa shape index (κ1) is 12.2. The number of benzene rings is 2. The SMILES string of the molecule is Cc1ccccc1-c1cccc2c1O[C@H](CN)CC2. The summed E-state index contributed by atoms with van der Waals surface area (Å²) in [5.41, 5.74) is 10.8. The third-order valence-electron chi connectivity index (χ3n) is 3.81. The van der Waals surface area contributed by atoms with Gasteiger partial charge in [0.1, 0.15) is 11.9 Å². The summed E-state index contributed by atoms with van der Waals surface area (Å²) in [4.78, 5) is 0. The normalized spacial score (nSPS) is 17.7.